The molecule has 35 heavy (non-hydrogen) atoms. The fraction of sp³-hybridized carbons (Fsp3) is 0.160. The maximum Gasteiger partial charge on any atom is 0.573 e. The lowest BCUT2D eigenvalue weighted by Gasteiger charge is -2.16. The molecule has 1 N–H and O–H groups in total. The van der Waals surface area contributed by atoms with E-state index in [0.29, 0.717) is 22.8 Å². The third-order valence-corrected chi connectivity index (χ3v) is 5.13. The number of aromatic nitrogens is 3. The van der Waals surface area contributed by atoms with Crippen molar-refractivity contribution in [3.63, 3.8) is 0 Å². The van der Waals surface area contributed by atoms with E-state index in [1.807, 2.05) is 38.1 Å². The van der Waals surface area contributed by atoms with Crippen molar-refractivity contribution >= 4 is 11.8 Å². The van der Waals surface area contributed by atoms with Crippen LogP contribution in [-0.4, -0.2) is 27.2 Å². The van der Waals surface area contributed by atoms with Crippen molar-refractivity contribution in [3.05, 3.63) is 90.3 Å². The molecule has 0 fully saturated rings. The fourth-order valence-corrected chi connectivity index (χ4v) is 3.44. The van der Waals surface area contributed by atoms with Gasteiger partial charge in [-0.3, -0.25) is 5.32 Å². The Morgan fingerprint density at radius 1 is 1.00 bits per heavy atom. The molecule has 0 aliphatic heterocycles. The van der Waals surface area contributed by atoms with Crippen LogP contribution in [0.5, 0.6) is 5.75 Å². The van der Waals surface area contributed by atoms with Crippen LogP contribution in [0.15, 0.2) is 79.1 Å². The number of rotatable bonds is 6. The van der Waals surface area contributed by atoms with E-state index in [1.54, 1.807) is 24.3 Å². The molecule has 1 amide bonds. The van der Waals surface area contributed by atoms with Crippen LogP contribution in [0.2, 0.25) is 0 Å². The Labute approximate surface area is 199 Å². The lowest BCUT2D eigenvalue weighted by molar-refractivity contribution is -0.274. The number of nitrogens with zero attached hydrogens (tertiary/aromatic N) is 3. The van der Waals surface area contributed by atoms with Crippen molar-refractivity contribution in [2.24, 2.45) is 0 Å². The first-order valence-electron chi connectivity index (χ1n) is 10.6. The first kappa shape index (κ1) is 23.8. The smallest absolute Gasteiger partial charge is 0.441 e. The number of nitrogens with one attached hydrogen (secondary N) is 1. The van der Waals surface area contributed by atoms with Gasteiger partial charge in [-0.05, 0) is 73.5 Å². The van der Waals surface area contributed by atoms with Gasteiger partial charge in [0, 0.05) is 11.3 Å². The minimum absolute atomic E-state index is 0.323. The van der Waals surface area contributed by atoms with Crippen molar-refractivity contribution < 1.29 is 27.4 Å². The predicted molar refractivity (Wildman–Crippen MR) is 123 cm³/mol. The van der Waals surface area contributed by atoms with Crippen LogP contribution in [0, 0.1) is 6.92 Å². The normalized spacial score (nSPS) is 12.1. The molecule has 0 bridgehead atoms. The third-order valence-electron chi connectivity index (χ3n) is 5.13. The molecular weight excluding hydrogens is 461 g/mol. The van der Waals surface area contributed by atoms with Crippen LogP contribution in [0.4, 0.5) is 23.7 Å². The molecule has 0 aliphatic rings. The molecule has 180 valence electrons. The Morgan fingerprint density at radius 2 is 1.69 bits per heavy atom. The van der Waals surface area contributed by atoms with Gasteiger partial charge in [-0.15, -0.1) is 18.3 Å². The topological polar surface area (TPSA) is 78.3 Å². The SMILES string of the molecule is Cc1ccccc1C(C)OC(=O)Nc1ccc(-c2ncn(-c3ccc(OC(F)(F)F)cc3)n2)cc1. The van der Waals surface area contributed by atoms with Crippen molar-refractivity contribution in [2.75, 3.05) is 5.32 Å². The summed E-state index contributed by atoms with van der Waals surface area (Å²) in [7, 11) is 0. The summed E-state index contributed by atoms with van der Waals surface area (Å²) in [6.07, 6.45) is -4.28. The van der Waals surface area contributed by atoms with Gasteiger partial charge in [0.2, 0.25) is 0 Å². The molecule has 0 aliphatic carbocycles. The third kappa shape index (κ3) is 6.17. The van der Waals surface area contributed by atoms with Crippen LogP contribution in [-0.2, 0) is 4.74 Å². The molecule has 0 spiro atoms. The molecule has 1 heterocycles. The summed E-state index contributed by atoms with van der Waals surface area (Å²) in [4.78, 5) is 16.5. The molecule has 0 radical (unpaired) electrons. The minimum atomic E-state index is -4.75. The second-order valence-corrected chi connectivity index (χ2v) is 7.66. The molecule has 10 heteroatoms. The average molecular weight is 482 g/mol. The summed E-state index contributed by atoms with van der Waals surface area (Å²) in [5.41, 5.74) is 3.71. The van der Waals surface area contributed by atoms with Crippen molar-refractivity contribution in [3.8, 4) is 22.8 Å². The molecule has 1 unspecified atom stereocenters. The highest BCUT2D eigenvalue weighted by molar-refractivity contribution is 5.85. The Morgan fingerprint density at radius 3 is 2.34 bits per heavy atom. The summed E-state index contributed by atoms with van der Waals surface area (Å²) < 4.78 is 47.7. The summed E-state index contributed by atoms with van der Waals surface area (Å²) >= 11 is 0. The summed E-state index contributed by atoms with van der Waals surface area (Å²) in [5, 5.41) is 7.05. The molecule has 0 saturated carbocycles. The number of amides is 1. The van der Waals surface area contributed by atoms with Gasteiger partial charge in [-0.25, -0.2) is 14.5 Å². The zero-order valence-corrected chi connectivity index (χ0v) is 18.8. The molecule has 0 saturated heterocycles. The largest absolute Gasteiger partial charge is 0.573 e. The van der Waals surface area contributed by atoms with E-state index < -0.39 is 18.6 Å². The van der Waals surface area contributed by atoms with Gasteiger partial charge in [0.15, 0.2) is 5.82 Å². The van der Waals surface area contributed by atoms with Crippen LogP contribution in [0.25, 0.3) is 17.1 Å². The van der Waals surface area contributed by atoms with Gasteiger partial charge >= 0.3 is 12.5 Å². The Bertz CT molecular complexity index is 1300. The number of ether oxygens (including phenoxy) is 2. The van der Waals surface area contributed by atoms with Crippen molar-refractivity contribution in [1.82, 2.24) is 14.8 Å². The standard InChI is InChI=1S/C25H21F3N4O3/c1-16-5-3-4-6-22(16)17(2)34-24(33)30-19-9-7-18(8-10-19)23-29-15-32(31-23)20-11-13-21(14-12-20)35-25(26,27)28/h3-15,17H,1-2H3,(H,30,33). The van der Waals surface area contributed by atoms with E-state index in [4.69, 9.17) is 4.74 Å². The first-order chi connectivity index (χ1) is 16.7. The molecule has 1 atom stereocenters. The lowest BCUT2D eigenvalue weighted by atomic mass is 10.1. The highest BCUT2D eigenvalue weighted by Gasteiger charge is 2.31. The maximum atomic E-state index is 12.3. The van der Waals surface area contributed by atoms with E-state index in [0.717, 1.165) is 11.1 Å². The number of hydrogen-bond donors (Lipinski definition) is 1. The van der Waals surface area contributed by atoms with E-state index >= 15 is 0 Å². The Kier molecular flexibility index (Phi) is 6.72. The monoisotopic (exact) mass is 482 g/mol. The number of aryl methyl sites for hydroxylation is 1. The zero-order valence-electron chi connectivity index (χ0n) is 18.8. The second-order valence-electron chi connectivity index (χ2n) is 7.66. The highest BCUT2D eigenvalue weighted by Crippen LogP contribution is 2.25. The van der Waals surface area contributed by atoms with Gasteiger partial charge in [0.05, 0.1) is 5.69 Å². The predicted octanol–water partition coefficient (Wildman–Crippen LogP) is 6.45. The van der Waals surface area contributed by atoms with Crippen molar-refractivity contribution in [2.45, 2.75) is 26.3 Å². The number of halogens is 3. The quantitative estimate of drug-likeness (QED) is 0.342. The van der Waals surface area contributed by atoms with Crippen molar-refractivity contribution in [1.29, 1.82) is 0 Å². The summed E-state index contributed by atoms with van der Waals surface area (Å²) in [6, 6.07) is 19.8. The van der Waals surface area contributed by atoms with E-state index in [2.05, 4.69) is 20.1 Å². The van der Waals surface area contributed by atoms with Crippen LogP contribution in [0.3, 0.4) is 0 Å². The highest BCUT2D eigenvalue weighted by atomic mass is 19.4. The number of hydrogen-bond acceptors (Lipinski definition) is 5. The van der Waals surface area contributed by atoms with Gasteiger partial charge < -0.3 is 9.47 Å². The first-order valence-corrected chi connectivity index (χ1v) is 10.6. The van der Waals surface area contributed by atoms with E-state index in [1.165, 1.54) is 35.3 Å². The molecule has 3 aromatic carbocycles. The minimum Gasteiger partial charge on any atom is -0.441 e. The molecule has 1 aromatic heterocycles. The average Bonchev–Trinajstić information content (AvgIpc) is 3.29. The van der Waals surface area contributed by atoms with Crippen LogP contribution < -0.4 is 10.1 Å². The number of carbonyl (C=O) groups excluding carboxylic acids is 1. The van der Waals surface area contributed by atoms with Gasteiger partial charge in [-0.2, -0.15) is 0 Å². The number of alkyl halides is 3. The number of benzene rings is 3. The summed E-state index contributed by atoms with van der Waals surface area (Å²) in [5.74, 6) is 0.0828. The number of carbonyl (C=O) groups is 1. The van der Waals surface area contributed by atoms with Gasteiger partial charge in [0.1, 0.15) is 18.2 Å². The zero-order chi connectivity index (χ0) is 25.0. The van der Waals surface area contributed by atoms with E-state index in [9.17, 15) is 18.0 Å². The van der Waals surface area contributed by atoms with Gasteiger partial charge in [0.25, 0.3) is 0 Å². The Balaban J connectivity index is 1.38. The van der Waals surface area contributed by atoms with Gasteiger partial charge in [-0.1, -0.05) is 24.3 Å². The molecule has 4 rings (SSSR count). The van der Waals surface area contributed by atoms with Crippen LogP contribution in [0.1, 0.15) is 24.2 Å². The number of anilines is 1. The second kappa shape index (κ2) is 9.88. The molecular formula is C25H21F3N4O3. The lowest BCUT2D eigenvalue weighted by Crippen LogP contribution is -2.17. The molecule has 7 nitrogen and oxygen atoms in total. The van der Waals surface area contributed by atoms with E-state index in [-0.39, 0.29) is 5.75 Å². The van der Waals surface area contributed by atoms with Crippen LogP contribution >= 0.6 is 0 Å². The Hall–Kier alpha value is -4.34. The fourth-order valence-electron chi connectivity index (χ4n) is 3.44. The summed E-state index contributed by atoms with van der Waals surface area (Å²) in [6.45, 7) is 3.77. The maximum absolute atomic E-state index is 12.3. The molecule has 4 aromatic rings.